The number of fused-ring (bicyclic) bond motifs is 2. The Labute approximate surface area is 283 Å². The van der Waals surface area contributed by atoms with Crippen molar-refractivity contribution < 1.29 is 20.1 Å². The summed E-state index contributed by atoms with van der Waals surface area (Å²) in [5.74, 6) is 0. The van der Waals surface area contributed by atoms with Gasteiger partial charge in [-0.2, -0.15) is 0 Å². The van der Waals surface area contributed by atoms with Crippen LogP contribution < -0.4 is 0 Å². The third kappa shape index (κ3) is 9.67. The van der Waals surface area contributed by atoms with E-state index >= 15 is 0 Å². The Bertz CT molecular complexity index is 1580. The van der Waals surface area contributed by atoms with E-state index in [9.17, 15) is 0 Å². The van der Waals surface area contributed by atoms with Crippen molar-refractivity contribution in [2.45, 2.75) is 78.1 Å². The van der Waals surface area contributed by atoms with Crippen LogP contribution in [0.15, 0.2) is 122 Å². The molecule has 4 aromatic carbocycles. The van der Waals surface area contributed by atoms with E-state index in [-0.39, 0.29) is 20.1 Å². The fourth-order valence-electron chi connectivity index (χ4n) is 5.87. The molecule has 3 heteroatoms. The van der Waals surface area contributed by atoms with Gasteiger partial charge in [0.25, 0.3) is 0 Å². The van der Waals surface area contributed by atoms with Gasteiger partial charge in [0, 0.05) is 34.3 Å². The number of aryl methyl sites for hydroxylation is 2. The molecule has 0 radical (unpaired) electrons. The predicted molar refractivity (Wildman–Crippen MR) is 190 cm³/mol. The van der Waals surface area contributed by atoms with Gasteiger partial charge in [0.15, 0.2) is 0 Å². The van der Waals surface area contributed by atoms with Crippen molar-refractivity contribution in [1.82, 2.24) is 9.97 Å². The van der Waals surface area contributed by atoms with Gasteiger partial charge < -0.3 is 0 Å². The van der Waals surface area contributed by atoms with Crippen LogP contribution in [0.3, 0.4) is 0 Å². The maximum absolute atomic E-state index is 4.59. The zero-order valence-corrected chi connectivity index (χ0v) is 29.2. The fraction of sp³-hybridized carbons (Fsp3) is 0.286. The standard InChI is InChI=1S/2C21H23N.Ir/c2*1-2-3-4-5-8-17-11-13-19(14-12-17)21-20-10-7-6-9-18(20)15-16-22-21;/h2*6-7,9-16H,2-5,8H2,1H3;/q;;+3. The molecule has 0 aliphatic heterocycles. The molecule has 0 fully saturated rings. The van der Waals surface area contributed by atoms with Crippen molar-refractivity contribution in [3.63, 3.8) is 0 Å². The average Bonchev–Trinajstić information content (AvgIpc) is 3.09. The molecule has 230 valence electrons. The van der Waals surface area contributed by atoms with Gasteiger partial charge in [0.2, 0.25) is 0 Å². The molecule has 0 aliphatic rings. The van der Waals surface area contributed by atoms with Crippen LogP contribution in [0.25, 0.3) is 44.1 Å². The molecule has 0 spiro atoms. The molecule has 2 nitrogen and oxygen atoms in total. The van der Waals surface area contributed by atoms with Crippen molar-refractivity contribution in [2.75, 3.05) is 0 Å². The number of unbranched alkanes of at least 4 members (excludes halogenated alkanes) is 6. The first-order chi connectivity index (χ1) is 21.8. The second kappa shape index (κ2) is 18.4. The Morgan fingerprint density at radius 3 is 1.22 bits per heavy atom. The Kier molecular flexibility index (Phi) is 14.0. The minimum atomic E-state index is 0. The molecule has 0 N–H and O–H groups in total. The normalized spacial score (nSPS) is 10.7. The minimum absolute atomic E-state index is 0. The average molecular weight is 771 g/mol. The number of rotatable bonds is 12. The monoisotopic (exact) mass is 771 g/mol. The van der Waals surface area contributed by atoms with Crippen LogP contribution in [-0.4, -0.2) is 9.97 Å². The number of aromatic nitrogens is 2. The summed E-state index contributed by atoms with van der Waals surface area (Å²) in [5, 5.41) is 4.94. The predicted octanol–water partition coefficient (Wildman–Crippen LogP) is 12.0. The smallest absolute Gasteiger partial charge is 0.256 e. The zero-order valence-electron chi connectivity index (χ0n) is 26.8. The molecule has 6 aromatic rings. The number of benzene rings is 4. The number of hydrogen-bond acceptors (Lipinski definition) is 2. The van der Waals surface area contributed by atoms with Gasteiger partial charge in [-0.1, -0.05) is 149 Å². The van der Waals surface area contributed by atoms with E-state index in [0.29, 0.717) is 0 Å². The van der Waals surface area contributed by atoms with Crippen LogP contribution in [0, 0.1) is 0 Å². The molecule has 0 amide bonds. The maximum Gasteiger partial charge on any atom is 3.00 e. The van der Waals surface area contributed by atoms with Crippen molar-refractivity contribution >= 4 is 21.5 Å². The Balaban J connectivity index is 0.000000200. The largest absolute Gasteiger partial charge is 3.00 e. The van der Waals surface area contributed by atoms with Crippen LogP contribution >= 0.6 is 0 Å². The molecule has 45 heavy (non-hydrogen) atoms. The minimum Gasteiger partial charge on any atom is -0.256 e. The molecule has 2 heterocycles. The van der Waals surface area contributed by atoms with Crippen LogP contribution in [0.1, 0.15) is 76.3 Å². The van der Waals surface area contributed by atoms with E-state index < -0.39 is 0 Å². The van der Waals surface area contributed by atoms with Gasteiger partial charge in [-0.05, 0) is 59.7 Å². The zero-order chi connectivity index (χ0) is 30.4. The number of pyridine rings is 2. The van der Waals surface area contributed by atoms with E-state index in [0.717, 1.165) is 11.4 Å². The Morgan fingerprint density at radius 2 is 0.822 bits per heavy atom. The maximum atomic E-state index is 4.59. The second-order valence-corrected chi connectivity index (χ2v) is 11.8. The van der Waals surface area contributed by atoms with Gasteiger partial charge in [0.1, 0.15) is 0 Å². The van der Waals surface area contributed by atoms with E-state index in [1.165, 1.54) is 108 Å². The van der Waals surface area contributed by atoms with Crippen molar-refractivity contribution in [3.8, 4) is 22.5 Å². The van der Waals surface area contributed by atoms with E-state index in [1.807, 2.05) is 12.4 Å². The van der Waals surface area contributed by atoms with E-state index in [2.05, 4.69) is 133 Å². The third-order valence-electron chi connectivity index (χ3n) is 8.44. The molecule has 0 saturated carbocycles. The third-order valence-corrected chi connectivity index (χ3v) is 8.44. The van der Waals surface area contributed by atoms with Gasteiger partial charge in [0.05, 0.1) is 11.4 Å². The summed E-state index contributed by atoms with van der Waals surface area (Å²) in [6, 6.07) is 38.9. The first-order valence-corrected chi connectivity index (χ1v) is 16.6. The Morgan fingerprint density at radius 1 is 0.422 bits per heavy atom. The second-order valence-electron chi connectivity index (χ2n) is 11.8. The fourth-order valence-corrected chi connectivity index (χ4v) is 5.87. The summed E-state index contributed by atoms with van der Waals surface area (Å²) in [6.45, 7) is 4.51. The van der Waals surface area contributed by atoms with Crippen LogP contribution in [0.5, 0.6) is 0 Å². The molecule has 0 bridgehead atoms. The van der Waals surface area contributed by atoms with Crippen LogP contribution in [0.4, 0.5) is 0 Å². The summed E-state index contributed by atoms with van der Waals surface area (Å²) < 4.78 is 0. The molecule has 0 atom stereocenters. The topological polar surface area (TPSA) is 25.8 Å². The van der Waals surface area contributed by atoms with Crippen LogP contribution in [-0.2, 0) is 32.9 Å². The molecule has 0 unspecified atom stereocenters. The Hall–Kier alpha value is -3.65. The summed E-state index contributed by atoms with van der Waals surface area (Å²) in [4.78, 5) is 9.19. The van der Waals surface area contributed by atoms with Gasteiger partial charge in [-0.15, -0.1) is 0 Å². The number of nitrogens with zero attached hydrogens (tertiary/aromatic N) is 2. The van der Waals surface area contributed by atoms with E-state index in [4.69, 9.17) is 0 Å². The molecule has 6 rings (SSSR count). The summed E-state index contributed by atoms with van der Waals surface area (Å²) in [6.07, 6.45) is 16.7. The van der Waals surface area contributed by atoms with Gasteiger partial charge >= 0.3 is 20.1 Å². The molecular formula is C42H46IrN2+3. The summed E-state index contributed by atoms with van der Waals surface area (Å²) in [5.41, 5.74) is 7.43. The molecular weight excluding hydrogens is 725 g/mol. The SMILES string of the molecule is CCCCCCc1ccc(-c2nccc3ccccc23)cc1.CCCCCCc1ccc(-c2nccc3ccccc23)cc1.[Ir+3]. The van der Waals surface area contributed by atoms with Crippen LogP contribution in [0.2, 0.25) is 0 Å². The van der Waals surface area contributed by atoms with E-state index in [1.54, 1.807) is 0 Å². The first kappa shape index (κ1) is 34.2. The summed E-state index contributed by atoms with van der Waals surface area (Å²) >= 11 is 0. The van der Waals surface area contributed by atoms with Gasteiger partial charge in [-0.3, -0.25) is 9.97 Å². The van der Waals surface area contributed by atoms with Crippen molar-refractivity contribution in [3.05, 3.63) is 133 Å². The molecule has 0 aliphatic carbocycles. The van der Waals surface area contributed by atoms with Gasteiger partial charge in [-0.25, -0.2) is 0 Å². The summed E-state index contributed by atoms with van der Waals surface area (Å²) in [7, 11) is 0. The van der Waals surface area contributed by atoms with Crippen molar-refractivity contribution in [1.29, 1.82) is 0 Å². The first-order valence-electron chi connectivity index (χ1n) is 16.6. The van der Waals surface area contributed by atoms with Crippen molar-refractivity contribution in [2.24, 2.45) is 0 Å². The molecule has 2 aromatic heterocycles. The number of hydrogen-bond donors (Lipinski definition) is 0. The quantitative estimate of drug-likeness (QED) is 0.116. The molecule has 0 saturated heterocycles.